The van der Waals surface area contributed by atoms with E-state index in [4.69, 9.17) is 9.47 Å². The van der Waals surface area contributed by atoms with Gasteiger partial charge in [-0.25, -0.2) is 0 Å². The van der Waals surface area contributed by atoms with Crippen molar-refractivity contribution in [1.29, 1.82) is 0 Å². The van der Waals surface area contributed by atoms with Gasteiger partial charge in [-0.15, -0.1) is 11.8 Å². The molecule has 0 saturated carbocycles. The number of hydrazine groups is 1. The lowest BCUT2D eigenvalue weighted by molar-refractivity contribution is -0.121. The van der Waals surface area contributed by atoms with E-state index in [1.165, 1.54) is 18.9 Å². The number of thioether (sulfide) groups is 1. The number of hydrogen-bond donors (Lipinski definition) is 2. The number of rotatable bonds is 9. The van der Waals surface area contributed by atoms with Crippen LogP contribution in [-0.4, -0.2) is 30.8 Å². The van der Waals surface area contributed by atoms with E-state index in [9.17, 15) is 9.59 Å². The number of amides is 2. The first-order valence-corrected chi connectivity index (χ1v) is 10.5. The number of unbranched alkanes of at least 4 members (excludes halogenated alkanes) is 1. The molecule has 2 aromatic rings. The zero-order valence-corrected chi connectivity index (χ0v) is 18.1. The first-order valence-electron chi connectivity index (χ1n) is 9.59. The number of nitrogens with one attached hydrogen (secondary N) is 2. The lowest BCUT2D eigenvalue weighted by atomic mass is 10.2. The third kappa shape index (κ3) is 7.02. The Bertz CT molecular complexity index is 824. The fourth-order valence-corrected chi connectivity index (χ4v) is 3.29. The summed E-state index contributed by atoms with van der Waals surface area (Å²) >= 11 is 1.43. The van der Waals surface area contributed by atoms with Gasteiger partial charge in [0.15, 0.2) is 11.5 Å². The van der Waals surface area contributed by atoms with Crippen molar-refractivity contribution < 1.29 is 19.1 Å². The summed E-state index contributed by atoms with van der Waals surface area (Å²) in [6.07, 6.45) is 1.97. The summed E-state index contributed by atoms with van der Waals surface area (Å²) in [5.41, 5.74) is 6.45. The third-order valence-electron chi connectivity index (χ3n) is 4.18. The maximum Gasteiger partial charge on any atom is 0.269 e. The molecule has 1 atom stereocenters. The predicted octanol–water partition coefficient (Wildman–Crippen LogP) is 4.12. The van der Waals surface area contributed by atoms with Crippen LogP contribution in [0.4, 0.5) is 0 Å². The number of carbonyl (C=O) groups is 2. The molecule has 2 N–H and O–H groups in total. The van der Waals surface area contributed by atoms with Crippen LogP contribution in [0.3, 0.4) is 0 Å². The Balaban J connectivity index is 1.90. The minimum absolute atomic E-state index is 0.282. The van der Waals surface area contributed by atoms with Crippen LogP contribution in [0.5, 0.6) is 11.5 Å². The Morgan fingerprint density at radius 2 is 1.79 bits per heavy atom. The van der Waals surface area contributed by atoms with Crippen molar-refractivity contribution in [2.45, 2.75) is 43.8 Å². The molecule has 0 spiro atoms. The first kappa shape index (κ1) is 22.6. The molecular weight excluding hydrogens is 388 g/mol. The molecule has 2 amide bonds. The molecule has 7 heteroatoms. The van der Waals surface area contributed by atoms with Crippen molar-refractivity contribution >= 4 is 23.6 Å². The first-order chi connectivity index (χ1) is 13.9. The molecule has 0 fully saturated rings. The minimum Gasteiger partial charge on any atom is -0.493 e. The normalized spacial score (nSPS) is 11.4. The van der Waals surface area contributed by atoms with Crippen molar-refractivity contribution in [3.05, 3.63) is 53.6 Å². The van der Waals surface area contributed by atoms with Gasteiger partial charge >= 0.3 is 0 Å². The molecule has 0 aliphatic carbocycles. The van der Waals surface area contributed by atoms with Crippen LogP contribution in [0.2, 0.25) is 0 Å². The molecule has 2 aromatic carbocycles. The highest BCUT2D eigenvalue weighted by molar-refractivity contribution is 8.00. The number of ether oxygens (including phenoxy) is 2. The summed E-state index contributed by atoms with van der Waals surface area (Å²) in [6, 6.07) is 12.9. The van der Waals surface area contributed by atoms with Gasteiger partial charge in [0.25, 0.3) is 11.8 Å². The topological polar surface area (TPSA) is 76.7 Å². The maximum absolute atomic E-state index is 12.4. The average Bonchev–Trinajstić information content (AvgIpc) is 2.73. The van der Waals surface area contributed by atoms with Crippen LogP contribution in [0, 0.1) is 6.92 Å². The van der Waals surface area contributed by atoms with Gasteiger partial charge in [-0.05, 0) is 50.6 Å². The van der Waals surface area contributed by atoms with Crippen molar-refractivity contribution in [1.82, 2.24) is 10.9 Å². The van der Waals surface area contributed by atoms with Crippen molar-refractivity contribution in [3.63, 3.8) is 0 Å². The molecule has 0 bridgehead atoms. The molecule has 6 nitrogen and oxygen atoms in total. The highest BCUT2D eigenvalue weighted by Gasteiger charge is 2.16. The Morgan fingerprint density at radius 3 is 2.45 bits per heavy atom. The SMILES string of the molecule is CCCCOc1ccc(C(=O)NNC(=O)C(C)Sc2ccc(C)cc2)cc1OC. The zero-order valence-electron chi connectivity index (χ0n) is 17.3. The maximum atomic E-state index is 12.4. The van der Waals surface area contributed by atoms with Crippen molar-refractivity contribution in [2.24, 2.45) is 0 Å². The van der Waals surface area contributed by atoms with E-state index in [0.29, 0.717) is 23.7 Å². The summed E-state index contributed by atoms with van der Waals surface area (Å²) in [7, 11) is 1.52. The van der Waals surface area contributed by atoms with Gasteiger partial charge in [0, 0.05) is 10.5 Å². The second-order valence-corrected chi connectivity index (χ2v) is 8.00. The second-order valence-electron chi connectivity index (χ2n) is 6.58. The molecule has 2 rings (SSSR count). The largest absolute Gasteiger partial charge is 0.493 e. The Kier molecular flexibility index (Phi) is 8.86. The molecule has 0 radical (unpaired) electrons. The number of carbonyl (C=O) groups excluding carboxylic acids is 2. The van der Waals surface area contributed by atoms with Gasteiger partial charge < -0.3 is 9.47 Å². The summed E-state index contributed by atoms with van der Waals surface area (Å²) in [6.45, 7) is 6.48. The quantitative estimate of drug-likeness (QED) is 0.365. The average molecular weight is 417 g/mol. The van der Waals surface area contributed by atoms with E-state index in [2.05, 4.69) is 17.8 Å². The van der Waals surface area contributed by atoms with Crippen LogP contribution >= 0.6 is 11.8 Å². The van der Waals surface area contributed by atoms with Gasteiger partial charge in [0.1, 0.15) is 0 Å². The standard InChI is InChI=1S/C22H28N2O4S/c1-5-6-13-28-19-12-9-17(14-20(19)27-4)22(26)24-23-21(25)16(3)29-18-10-7-15(2)8-11-18/h7-12,14,16H,5-6,13H2,1-4H3,(H,23,25)(H,24,26). The highest BCUT2D eigenvalue weighted by Crippen LogP contribution is 2.28. The minimum atomic E-state index is -0.427. The molecular formula is C22H28N2O4S. The van der Waals surface area contributed by atoms with Gasteiger partial charge in [0.2, 0.25) is 0 Å². The number of hydrogen-bond acceptors (Lipinski definition) is 5. The van der Waals surface area contributed by atoms with Crippen LogP contribution < -0.4 is 20.3 Å². The lowest BCUT2D eigenvalue weighted by Gasteiger charge is -2.14. The molecule has 0 aromatic heterocycles. The fourth-order valence-electron chi connectivity index (χ4n) is 2.42. The third-order valence-corrected chi connectivity index (χ3v) is 5.30. The molecule has 1 unspecified atom stereocenters. The molecule has 29 heavy (non-hydrogen) atoms. The molecule has 156 valence electrons. The summed E-state index contributed by atoms with van der Waals surface area (Å²) in [5.74, 6) is 0.354. The van der Waals surface area contributed by atoms with E-state index < -0.39 is 5.91 Å². The highest BCUT2D eigenvalue weighted by atomic mass is 32.2. The lowest BCUT2D eigenvalue weighted by Crippen LogP contribution is -2.44. The summed E-state index contributed by atoms with van der Waals surface area (Å²) in [4.78, 5) is 25.7. The summed E-state index contributed by atoms with van der Waals surface area (Å²) in [5, 5.41) is -0.359. The number of methoxy groups -OCH3 is 1. The van der Waals surface area contributed by atoms with Crippen LogP contribution in [0.25, 0.3) is 0 Å². The number of benzene rings is 2. The van der Waals surface area contributed by atoms with Gasteiger partial charge in [-0.3, -0.25) is 20.4 Å². The zero-order chi connectivity index (χ0) is 21.2. The number of aryl methyl sites for hydroxylation is 1. The summed E-state index contributed by atoms with van der Waals surface area (Å²) < 4.78 is 11.0. The van der Waals surface area contributed by atoms with E-state index in [0.717, 1.165) is 23.3 Å². The van der Waals surface area contributed by atoms with E-state index in [1.54, 1.807) is 25.1 Å². The van der Waals surface area contributed by atoms with Crippen molar-refractivity contribution in [3.8, 4) is 11.5 Å². The fraction of sp³-hybridized carbons (Fsp3) is 0.364. The van der Waals surface area contributed by atoms with E-state index in [1.807, 2.05) is 31.2 Å². The molecule has 0 aliphatic heterocycles. The molecule has 0 saturated heterocycles. The predicted molar refractivity (Wildman–Crippen MR) is 116 cm³/mol. The molecule has 0 heterocycles. The van der Waals surface area contributed by atoms with Crippen LogP contribution in [0.1, 0.15) is 42.6 Å². The monoisotopic (exact) mass is 416 g/mol. The Morgan fingerprint density at radius 1 is 1.07 bits per heavy atom. The second kappa shape index (κ2) is 11.4. The Hall–Kier alpha value is -2.67. The van der Waals surface area contributed by atoms with Gasteiger partial charge in [-0.2, -0.15) is 0 Å². The Labute approximate surface area is 176 Å². The van der Waals surface area contributed by atoms with Crippen LogP contribution in [0.15, 0.2) is 47.4 Å². The van der Waals surface area contributed by atoms with Crippen LogP contribution in [-0.2, 0) is 4.79 Å². The smallest absolute Gasteiger partial charge is 0.269 e. The van der Waals surface area contributed by atoms with E-state index >= 15 is 0 Å². The van der Waals surface area contributed by atoms with E-state index in [-0.39, 0.29) is 11.2 Å². The van der Waals surface area contributed by atoms with Gasteiger partial charge in [-0.1, -0.05) is 31.0 Å². The molecule has 0 aliphatic rings. The van der Waals surface area contributed by atoms with Gasteiger partial charge in [0.05, 0.1) is 19.0 Å². The van der Waals surface area contributed by atoms with Crippen molar-refractivity contribution in [2.75, 3.05) is 13.7 Å².